The number of benzene rings is 4. The van der Waals surface area contributed by atoms with Gasteiger partial charge < -0.3 is 15.1 Å². The minimum absolute atomic E-state index is 0.720. The predicted molar refractivity (Wildman–Crippen MR) is 126 cm³/mol. The van der Waals surface area contributed by atoms with Gasteiger partial charge >= 0.3 is 0 Å². The van der Waals surface area contributed by atoms with Crippen LogP contribution in [-0.4, -0.2) is 20.3 Å². The molecule has 0 saturated carbocycles. The quantitative estimate of drug-likeness (QED) is 0.368. The van der Waals surface area contributed by atoms with Gasteiger partial charge in [0.2, 0.25) is 0 Å². The lowest BCUT2D eigenvalue weighted by Crippen LogP contribution is -2.26. The zero-order valence-corrected chi connectivity index (χ0v) is 17.0. The van der Waals surface area contributed by atoms with Crippen LogP contribution in [-0.2, 0) is 0 Å². The minimum atomic E-state index is 0.720. The molecule has 1 N–H and O–H groups in total. The van der Waals surface area contributed by atoms with Crippen LogP contribution in [0.15, 0.2) is 97.1 Å². The highest BCUT2D eigenvalue weighted by Gasteiger charge is 2.12. The molecule has 0 aliphatic heterocycles. The van der Waals surface area contributed by atoms with E-state index in [0.29, 0.717) is 0 Å². The van der Waals surface area contributed by atoms with Crippen molar-refractivity contribution in [2.24, 2.45) is 0 Å². The Balaban J connectivity index is 1.57. The Morgan fingerprint density at radius 3 is 2.17 bits per heavy atom. The molecule has 3 heteroatoms. The molecule has 4 aromatic carbocycles. The molecule has 146 valence electrons. The van der Waals surface area contributed by atoms with E-state index in [1.54, 1.807) is 0 Å². The van der Waals surface area contributed by atoms with E-state index in [-0.39, 0.29) is 0 Å². The largest absolute Gasteiger partial charge is 0.366 e. The second-order valence-corrected chi connectivity index (χ2v) is 7.13. The summed E-state index contributed by atoms with van der Waals surface area (Å²) < 4.78 is 0. The fourth-order valence-electron chi connectivity index (χ4n) is 3.79. The molecule has 0 spiro atoms. The number of hydrogen-bond donors (Lipinski definition) is 1. The summed E-state index contributed by atoms with van der Waals surface area (Å²) in [6.45, 7) is 3.81. The molecular formula is C26H27N3. The van der Waals surface area contributed by atoms with Crippen LogP contribution >= 0.6 is 0 Å². The van der Waals surface area contributed by atoms with Crippen molar-refractivity contribution in [2.75, 3.05) is 35.4 Å². The van der Waals surface area contributed by atoms with E-state index in [1.807, 2.05) is 0 Å². The van der Waals surface area contributed by atoms with Crippen LogP contribution in [0.5, 0.6) is 0 Å². The maximum absolute atomic E-state index is 3.65. The molecule has 0 aliphatic rings. The molecule has 0 amide bonds. The third-order valence-electron chi connectivity index (χ3n) is 5.26. The van der Waals surface area contributed by atoms with Gasteiger partial charge in [-0.15, -0.1) is 0 Å². The van der Waals surface area contributed by atoms with Gasteiger partial charge in [0.15, 0.2) is 0 Å². The lowest BCUT2D eigenvalue weighted by molar-refractivity contribution is 0.975. The lowest BCUT2D eigenvalue weighted by atomic mass is 10.1. The number of nitrogens with zero attached hydrogens (tertiary/aromatic N) is 2. The summed E-state index contributed by atoms with van der Waals surface area (Å²) in [6.07, 6.45) is 0. The highest BCUT2D eigenvalue weighted by molar-refractivity contribution is 5.94. The highest BCUT2D eigenvalue weighted by atomic mass is 15.2. The fraction of sp³-hybridized carbons (Fsp3) is 0.154. The van der Waals surface area contributed by atoms with Crippen molar-refractivity contribution in [3.05, 3.63) is 97.1 Å². The Hall–Kier alpha value is -3.46. The fourth-order valence-corrected chi connectivity index (χ4v) is 3.79. The van der Waals surface area contributed by atoms with Gasteiger partial charge in [0.05, 0.1) is 18.0 Å². The van der Waals surface area contributed by atoms with Gasteiger partial charge in [0.25, 0.3) is 0 Å². The summed E-state index contributed by atoms with van der Waals surface area (Å²) in [7, 11) is 2.13. The van der Waals surface area contributed by atoms with Crippen molar-refractivity contribution in [1.29, 1.82) is 0 Å². The average molecular weight is 382 g/mol. The number of nitrogens with one attached hydrogen (secondary N) is 1. The molecule has 3 nitrogen and oxygen atoms in total. The summed E-state index contributed by atoms with van der Waals surface area (Å²) in [4.78, 5) is 4.60. The standard InChI is InChI=1S/C26H27N3/c1-3-29(22-14-5-4-6-15-22)26-18-10-9-17-24(26)27-20-28(2)25-19-11-13-21-12-7-8-16-23(21)25/h4-19,27H,3,20H2,1-2H3. The molecule has 0 radical (unpaired) electrons. The second kappa shape index (κ2) is 8.70. The van der Waals surface area contributed by atoms with Crippen molar-refractivity contribution >= 4 is 33.5 Å². The summed E-state index contributed by atoms with van der Waals surface area (Å²) in [6, 6.07) is 34.0. The molecular weight excluding hydrogens is 354 g/mol. The molecule has 0 atom stereocenters. The first-order valence-electron chi connectivity index (χ1n) is 10.1. The Kier molecular flexibility index (Phi) is 5.66. The van der Waals surface area contributed by atoms with E-state index in [4.69, 9.17) is 0 Å². The van der Waals surface area contributed by atoms with Crippen LogP contribution < -0.4 is 15.1 Å². The molecule has 4 rings (SSSR count). The first-order valence-corrected chi connectivity index (χ1v) is 10.1. The molecule has 0 aromatic heterocycles. The second-order valence-electron chi connectivity index (χ2n) is 7.13. The van der Waals surface area contributed by atoms with E-state index in [1.165, 1.54) is 27.8 Å². The summed E-state index contributed by atoms with van der Waals surface area (Å²) in [5.74, 6) is 0. The van der Waals surface area contributed by atoms with E-state index in [2.05, 4.69) is 126 Å². The maximum Gasteiger partial charge on any atom is 0.0874 e. The molecule has 29 heavy (non-hydrogen) atoms. The molecule has 4 aromatic rings. The van der Waals surface area contributed by atoms with Crippen LogP contribution in [0.2, 0.25) is 0 Å². The van der Waals surface area contributed by atoms with Crippen LogP contribution in [0.3, 0.4) is 0 Å². The SMILES string of the molecule is CCN(c1ccccc1)c1ccccc1NCN(C)c1cccc2ccccc12. The summed E-state index contributed by atoms with van der Waals surface area (Å²) in [5.41, 5.74) is 4.74. The Labute approximate surface area is 173 Å². The van der Waals surface area contributed by atoms with Gasteiger partial charge in [-0.2, -0.15) is 0 Å². The lowest BCUT2D eigenvalue weighted by Gasteiger charge is -2.28. The van der Waals surface area contributed by atoms with E-state index < -0.39 is 0 Å². The zero-order valence-electron chi connectivity index (χ0n) is 17.0. The molecule has 0 fully saturated rings. The number of fused-ring (bicyclic) bond motifs is 1. The number of para-hydroxylation sites is 3. The van der Waals surface area contributed by atoms with E-state index in [9.17, 15) is 0 Å². The number of hydrogen-bond acceptors (Lipinski definition) is 3. The Morgan fingerprint density at radius 1 is 0.690 bits per heavy atom. The van der Waals surface area contributed by atoms with Gasteiger partial charge in [0.1, 0.15) is 0 Å². The minimum Gasteiger partial charge on any atom is -0.366 e. The van der Waals surface area contributed by atoms with Gasteiger partial charge in [-0.3, -0.25) is 0 Å². The smallest absolute Gasteiger partial charge is 0.0874 e. The van der Waals surface area contributed by atoms with Crippen LogP contribution in [0.25, 0.3) is 10.8 Å². The average Bonchev–Trinajstić information content (AvgIpc) is 2.79. The Morgan fingerprint density at radius 2 is 1.34 bits per heavy atom. The van der Waals surface area contributed by atoms with Crippen molar-refractivity contribution in [3.63, 3.8) is 0 Å². The van der Waals surface area contributed by atoms with Crippen molar-refractivity contribution in [2.45, 2.75) is 6.92 Å². The predicted octanol–water partition coefficient (Wildman–Crippen LogP) is 6.50. The van der Waals surface area contributed by atoms with Crippen molar-refractivity contribution in [1.82, 2.24) is 0 Å². The summed E-state index contributed by atoms with van der Waals surface area (Å²) >= 11 is 0. The first kappa shape index (κ1) is 18.9. The number of anilines is 4. The van der Waals surface area contributed by atoms with Crippen LogP contribution in [0.1, 0.15) is 6.92 Å². The molecule has 0 saturated heterocycles. The third-order valence-corrected chi connectivity index (χ3v) is 5.26. The molecule has 0 aliphatic carbocycles. The van der Waals surface area contributed by atoms with Crippen LogP contribution in [0.4, 0.5) is 22.7 Å². The van der Waals surface area contributed by atoms with Gasteiger partial charge in [0, 0.05) is 30.4 Å². The van der Waals surface area contributed by atoms with Gasteiger partial charge in [-0.1, -0.05) is 66.7 Å². The Bertz CT molecular complexity index is 1070. The topological polar surface area (TPSA) is 18.5 Å². The zero-order chi connectivity index (χ0) is 20.1. The first-order chi connectivity index (χ1) is 14.3. The van der Waals surface area contributed by atoms with E-state index >= 15 is 0 Å². The van der Waals surface area contributed by atoms with Crippen molar-refractivity contribution < 1.29 is 0 Å². The van der Waals surface area contributed by atoms with E-state index in [0.717, 1.165) is 18.9 Å². The summed E-state index contributed by atoms with van der Waals surface area (Å²) in [5, 5.41) is 6.18. The maximum atomic E-state index is 3.65. The monoisotopic (exact) mass is 381 g/mol. The molecule has 0 bridgehead atoms. The molecule has 0 heterocycles. The third kappa shape index (κ3) is 4.04. The van der Waals surface area contributed by atoms with Crippen molar-refractivity contribution in [3.8, 4) is 0 Å². The number of rotatable bonds is 7. The normalized spacial score (nSPS) is 10.7. The van der Waals surface area contributed by atoms with Crippen LogP contribution in [0, 0.1) is 0 Å². The highest BCUT2D eigenvalue weighted by Crippen LogP contribution is 2.32. The van der Waals surface area contributed by atoms with Gasteiger partial charge in [-0.05, 0) is 42.6 Å². The molecule has 0 unspecified atom stereocenters. The van der Waals surface area contributed by atoms with Gasteiger partial charge in [-0.25, -0.2) is 0 Å².